The Hall–Kier alpha value is -1.87. The molecule has 0 bridgehead atoms. The Kier molecular flexibility index (Phi) is 2.00. The molecule has 0 amide bonds. The minimum Gasteiger partial charge on any atom is -0.508 e. The topological polar surface area (TPSA) is 32.6 Å². The molecule has 0 radical (unpaired) electrons. The average molecular weight is 253 g/mol. The predicted molar refractivity (Wildman–Crippen MR) is 74.5 cm³/mol. The van der Waals surface area contributed by atoms with E-state index in [9.17, 15) is 5.11 Å². The highest BCUT2D eigenvalue weighted by Gasteiger charge is 2.29. The molecule has 2 nitrogen and oxygen atoms in total. The third kappa shape index (κ3) is 1.31. The van der Waals surface area contributed by atoms with Crippen LogP contribution in [0.1, 0.15) is 16.0 Å². The van der Waals surface area contributed by atoms with E-state index in [1.165, 1.54) is 21.6 Å². The number of rotatable bonds is 1. The van der Waals surface area contributed by atoms with Crippen LogP contribution in [0.3, 0.4) is 0 Å². The van der Waals surface area contributed by atoms with Crippen LogP contribution in [0.4, 0.5) is 0 Å². The van der Waals surface area contributed by atoms with Gasteiger partial charge in [0.1, 0.15) is 5.75 Å². The Morgan fingerprint density at radius 2 is 1.89 bits per heavy atom. The summed E-state index contributed by atoms with van der Waals surface area (Å²) in [5, 5.41) is 11.5. The minimum absolute atomic E-state index is 0.303. The van der Waals surface area contributed by atoms with E-state index in [4.69, 9.17) is 0 Å². The largest absolute Gasteiger partial charge is 0.508 e. The Labute approximate surface area is 109 Å². The normalized spacial score (nSPS) is 16.8. The second-order valence-electron chi connectivity index (χ2n) is 4.60. The van der Waals surface area contributed by atoms with Crippen molar-refractivity contribution in [2.45, 2.75) is 6.42 Å². The van der Waals surface area contributed by atoms with Crippen LogP contribution in [0.15, 0.2) is 46.3 Å². The van der Waals surface area contributed by atoms with Crippen LogP contribution in [0.5, 0.6) is 5.75 Å². The summed E-state index contributed by atoms with van der Waals surface area (Å²) < 4.78 is 0. The highest BCUT2D eigenvalue weighted by molar-refractivity contribution is 7.10. The Bertz CT molecular complexity index is 692. The number of fused-ring (bicyclic) bond motifs is 2. The number of allylic oxidation sites excluding steroid dienone is 1. The molecule has 1 aromatic heterocycles. The molecule has 2 aromatic rings. The first-order chi connectivity index (χ1) is 8.83. The highest BCUT2D eigenvalue weighted by Crippen LogP contribution is 2.41. The highest BCUT2D eigenvalue weighted by atomic mass is 32.1. The van der Waals surface area contributed by atoms with E-state index in [2.05, 4.69) is 16.4 Å². The van der Waals surface area contributed by atoms with E-state index in [0.29, 0.717) is 5.75 Å². The van der Waals surface area contributed by atoms with Gasteiger partial charge >= 0.3 is 0 Å². The molecule has 0 fully saturated rings. The third-order valence-corrected chi connectivity index (χ3v) is 4.51. The number of phenols is 1. The van der Waals surface area contributed by atoms with E-state index in [1.54, 1.807) is 12.1 Å². The molecule has 2 heterocycles. The first kappa shape index (κ1) is 10.1. The van der Waals surface area contributed by atoms with Gasteiger partial charge in [0.25, 0.3) is 0 Å². The summed E-state index contributed by atoms with van der Waals surface area (Å²) in [6.45, 7) is 0.801. The summed E-state index contributed by atoms with van der Waals surface area (Å²) in [5.74, 6) is 0.303. The molecule has 0 saturated heterocycles. The molecule has 18 heavy (non-hydrogen) atoms. The van der Waals surface area contributed by atoms with Gasteiger partial charge in [-0.15, -0.1) is 11.3 Å². The van der Waals surface area contributed by atoms with Crippen LogP contribution in [-0.4, -0.2) is 17.4 Å². The number of hydrogen-bond donors (Lipinski definition) is 1. The number of nitrogens with zero attached hydrogens (tertiary/aromatic N) is 1. The van der Waals surface area contributed by atoms with Crippen LogP contribution >= 0.6 is 11.3 Å². The molecular formula is C15H11NOS. The summed E-state index contributed by atoms with van der Waals surface area (Å²) in [5.41, 5.74) is 6.38. The molecule has 3 heteroatoms. The van der Waals surface area contributed by atoms with Gasteiger partial charge in [0.15, 0.2) is 0 Å². The zero-order valence-electron chi connectivity index (χ0n) is 9.68. The summed E-state index contributed by atoms with van der Waals surface area (Å²) >= 11 is 1.83. The minimum atomic E-state index is 0.303. The lowest BCUT2D eigenvalue weighted by Gasteiger charge is -2.04. The van der Waals surface area contributed by atoms with Crippen molar-refractivity contribution in [3.63, 3.8) is 0 Å². The number of phenolic OH excluding ortho intramolecular Hbond substituents is 1. The van der Waals surface area contributed by atoms with Crippen molar-refractivity contribution in [1.29, 1.82) is 0 Å². The maximum Gasteiger partial charge on any atom is 0.115 e. The summed E-state index contributed by atoms with van der Waals surface area (Å²) in [6.07, 6.45) is 1.02. The number of aromatic hydroxyl groups is 1. The Morgan fingerprint density at radius 3 is 2.72 bits per heavy atom. The van der Waals surface area contributed by atoms with E-state index in [-0.39, 0.29) is 0 Å². The smallest absolute Gasteiger partial charge is 0.115 e. The fourth-order valence-electron chi connectivity index (χ4n) is 2.72. The van der Waals surface area contributed by atoms with Gasteiger partial charge < -0.3 is 5.11 Å². The third-order valence-electron chi connectivity index (χ3n) is 3.59. The van der Waals surface area contributed by atoms with Gasteiger partial charge in [-0.1, -0.05) is 0 Å². The number of aliphatic imine (C=N–C) groups is 1. The zero-order valence-corrected chi connectivity index (χ0v) is 10.5. The van der Waals surface area contributed by atoms with Crippen LogP contribution < -0.4 is 0 Å². The molecule has 0 spiro atoms. The molecule has 1 N–H and O–H groups in total. The van der Waals surface area contributed by atoms with E-state index in [1.807, 2.05) is 23.5 Å². The lowest BCUT2D eigenvalue weighted by molar-refractivity contribution is 0.475. The van der Waals surface area contributed by atoms with Crippen molar-refractivity contribution in [3.8, 4) is 5.75 Å². The second kappa shape index (κ2) is 3.56. The fourth-order valence-corrected chi connectivity index (χ4v) is 3.64. The van der Waals surface area contributed by atoms with Crippen molar-refractivity contribution in [3.05, 3.63) is 57.3 Å². The van der Waals surface area contributed by atoms with Crippen molar-refractivity contribution in [1.82, 2.24) is 0 Å². The molecule has 4 rings (SSSR count). The Balaban J connectivity index is 1.77. The molecule has 1 aliphatic carbocycles. The average Bonchev–Trinajstić information content (AvgIpc) is 3.01. The molecule has 2 aliphatic rings. The van der Waals surface area contributed by atoms with E-state index >= 15 is 0 Å². The van der Waals surface area contributed by atoms with Crippen molar-refractivity contribution >= 4 is 22.6 Å². The number of hydrogen-bond acceptors (Lipinski definition) is 3. The van der Waals surface area contributed by atoms with Gasteiger partial charge in [0.2, 0.25) is 0 Å². The standard InChI is InChI=1S/C15H11NOS/c17-10-3-1-9(2-4-10)15-12-7-14-11(5-6-18-14)13(12)8-16-15/h1-6,17H,7-8H2. The lowest BCUT2D eigenvalue weighted by atomic mass is 10.0. The summed E-state index contributed by atoms with van der Waals surface area (Å²) in [4.78, 5) is 6.13. The molecule has 0 unspecified atom stereocenters. The SMILES string of the molecule is Oc1ccc(C2=NCC3=C2Cc2sccc23)cc1. The van der Waals surface area contributed by atoms with E-state index < -0.39 is 0 Å². The molecular weight excluding hydrogens is 242 g/mol. The van der Waals surface area contributed by atoms with Crippen molar-refractivity contribution in [2.24, 2.45) is 4.99 Å². The maximum absolute atomic E-state index is 9.35. The van der Waals surface area contributed by atoms with Gasteiger partial charge in [0, 0.05) is 16.9 Å². The Morgan fingerprint density at radius 1 is 1.06 bits per heavy atom. The first-order valence-corrected chi connectivity index (χ1v) is 6.84. The number of benzene rings is 1. The lowest BCUT2D eigenvalue weighted by Crippen LogP contribution is -2.02. The molecule has 1 aromatic carbocycles. The quantitative estimate of drug-likeness (QED) is 0.831. The maximum atomic E-state index is 9.35. The molecule has 0 atom stereocenters. The summed E-state index contributed by atoms with van der Waals surface area (Å²) in [7, 11) is 0. The second-order valence-corrected chi connectivity index (χ2v) is 5.60. The van der Waals surface area contributed by atoms with Crippen LogP contribution in [0, 0.1) is 0 Å². The summed E-state index contributed by atoms with van der Waals surface area (Å²) in [6, 6.07) is 9.53. The predicted octanol–water partition coefficient (Wildman–Crippen LogP) is 3.27. The molecule has 88 valence electrons. The van der Waals surface area contributed by atoms with Gasteiger partial charge in [-0.25, -0.2) is 0 Å². The van der Waals surface area contributed by atoms with Crippen LogP contribution in [0.25, 0.3) is 5.57 Å². The molecule has 1 aliphatic heterocycles. The first-order valence-electron chi connectivity index (χ1n) is 5.96. The fraction of sp³-hybridized carbons (Fsp3) is 0.133. The van der Waals surface area contributed by atoms with Gasteiger partial charge in [-0.05, 0) is 52.4 Å². The zero-order chi connectivity index (χ0) is 12.1. The van der Waals surface area contributed by atoms with Gasteiger partial charge in [0.05, 0.1) is 12.3 Å². The monoisotopic (exact) mass is 253 g/mol. The van der Waals surface area contributed by atoms with Crippen molar-refractivity contribution in [2.75, 3.05) is 6.54 Å². The number of thiophene rings is 1. The van der Waals surface area contributed by atoms with Gasteiger partial charge in [-0.3, -0.25) is 4.99 Å². The van der Waals surface area contributed by atoms with Crippen molar-refractivity contribution < 1.29 is 5.11 Å². The van der Waals surface area contributed by atoms with E-state index in [0.717, 1.165) is 24.2 Å². The van der Waals surface area contributed by atoms with Crippen LogP contribution in [-0.2, 0) is 6.42 Å². The van der Waals surface area contributed by atoms with Gasteiger partial charge in [-0.2, -0.15) is 0 Å². The molecule has 0 saturated carbocycles. The van der Waals surface area contributed by atoms with Crippen LogP contribution in [0.2, 0.25) is 0 Å².